The minimum Gasteiger partial charge on any atom is -0.497 e. The van der Waals surface area contributed by atoms with Crippen LogP contribution in [-0.4, -0.2) is 32.6 Å². The van der Waals surface area contributed by atoms with Crippen LogP contribution < -0.4 is 20.1 Å². The molecule has 2 aromatic carbocycles. The molecule has 0 unspecified atom stereocenters. The zero-order chi connectivity index (χ0) is 20.7. The summed E-state index contributed by atoms with van der Waals surface area (Å²) < 4.78 is 23.3. The van der Waals surface area contributed by atoms with Crippen LogP contribution in [0.3, 0.4) is 0 Å². The van der Waals surface area contributed by atoms with E-state index in [4.69, 9.17) is 9.47 Å². The van der Waals surface area contributed by atoms with Crippen molar-refractivity contribution in [2.24, 2.45) is 5.41 Å². The Bertz CT molecular complexity index is 835. The zero-order valence-electron chi connectivity index (χ0n) is 16.5. The Hall–Kier alpha value is -3.09. The third-order valence-corrected chi connectivity index (χ3v) is 4.40. The van der Waals surface area contributed by atoms with Crippen LogP contribution in [0.2, 0.25) is 0 Å². The molecular weight excluding hydrogens is 363 g/mol. The molecule has 150 valence electrons. The van der Waals surface area contributed by atoms with Crippen LogP contribution in [0, 0.1) is 11.2 Å². The minimum atomic E-state index is -1.31. The van der Waals surface area contributed by atoms with Crippen molar-refractivity contribution in [1.82, 2.24) is 5.32 Å². The third-order valence-electron chi connectivity index (χ3n) is 4.40. The normalized spacial score (nSPS) is 10.9. The van der Waals surface area contributed by atoms with Crippen LogP contribution in [-0.2, 0) is 16.0 Å². The summed E-state index contributed by atoms with van der Waals surface area (Å²) in [5.74, 6) is -0.176. The molecule has 2 aromatic rings. The van der Waals surface area contributed by atoms with Gasteiger partial charge in [-0.05, 0) is 50.1 Å². The average Bonchev–Trinajstić information content (AvgIpc) is 2.69. The lowest BCUT2D eigenvalue weighted by Gasteiger charge is -2.23. The number of halogens is 1. The number of nitrogens with one attached hydrogen (secondary N) is 2. The summed E-state index contributed by atoms with van der Waals surface area (Å²) in [5.41, 5.74) is 0.000716. The number of carbonyl (C=O) groups is 2. The Morgan fingerprint density at radius 1 is 1.00 bits per heavy atom. The first kappa shape index (κ1) is 21.2. The van der Waals surface area contributed by atoms with E-state index in [1.165, 1.54) is 26.4 Å². The quantitative estimate of drug-likeness (QED) is 0.681. The lowest BCUT2D eigenvalue weighted by molar-refractivity contribution is -0.138. The van der Waals surface area contributed by atoms with Crippen molar-refractivity contribution < 1.29 is 23.5 Å². The molecule has 7 heteroatoms. The van der Waals surface area contributed by atoms with Crippen LogP contribution in [0.25, 0.3) is 0 Å². The highest BCUT2D eigenvalue weighted by Gasteiger charge is 2.36. The smallest absolute Gasteiger partial charge is 0.239 e. The van der Waals surface area contributed by atoms with Gasteiger partial charge in [0.25, 0.3) is 0 Å². The SMILES string of the molecule is COc1ccc(OC)c(NC(=O)C(C)(C)C(=O)NCCc2ccc(F)cc2)c1. The number of ether oxygens (including phenoxy) is 2. The maximum absolute atomic E-state index is 12.9. The number of amides is 2. The van der Waals surface area contributed by atoms with Gasteiger partial charge in [0.1, 0.15) is 22.7 Å². The molecule has 0 fully saturated rings. The summed E-state index contributed by atoms with van der Waals surface area (Å²) in [6.07, 6.45) is 0.535. The fourth-order valence-corrected chi connectivity index (χ4v) is 2.49. The van der Waals surface area contributed by atoms with Gasteiger partial charge in [-0.25, -0.2) is 4.39 Å². The molecule has 2 N–H and O–H groups in total. The second kappa shape index (κ2) is 9.21. The highest BCUT2D eigenvalue weighted by atomic mass is 19.1. The summed E-state index contributed by atoms with van der Waals surface area (Å²) in [6, 6.07) is 11.1. The van der Waals surface area contributed by atoms with Crippen molar-refractivity contribution in [3.8, 4) is 11.5 Å². The molecule has 0 atom stereocenters. The van der Waals surface area contributed by atoms with E-state index in [1.54, 1.807) is 44.2 Å². The molecule has 0 aliphatic rings. The van der Waals surface area contributed by atoms with Gasteiger partial charge in [0, 0.05) is 12.6 Å². The predicted octanol–water partition coefficient (Wildman–Crippen LogP) is 3.17. The molecule has 0 heterocycles. The van der Waals surface area contributed by atoms with E-state index in [-0.39, 0.29) is 5.82 Å². The number of hydrogen-bond acceptors (Lipinski definition) is 4. The Labute approximate surface area is 164 Å². The molecule has 0 bridgehead atoms. The van der Waals surface area contributed by atoms with Crippen molar-refractivity contribution in [2.45, 2.75) is 20.3 Å². The van der Waals surface area contributed by atoms with Crippen molar-refractivity contribution in [2.75, 3.05) is 26.1 Å². The Kier molecular flexibility index (Phi) is 6.98. The van der Waals surface area contributed by atoms with Crippen LogP contribution >= 0.6 is 0 Å². The maximum Gasteiger partial charge on any atom is 0.239 e. The summed E-state index contributed by atoms with van der Waals surface area (Å²) in [4.78, 5) is 25.2. The van der Waals surface area contributed by atoms with Crippen molar-refractivity contribution in [1.29, 1.82) is 0 Å². The number of benzene rings is 2. The molecule has 0 aromatic heterocycles. The Morgan fingerprint density at radius 2 is 1.68 bits per heavy atom. The van der Waals surface area contributed by atoms with E-state index in [1.807, 2.05) is 0 Å². The van der Waals surface area contributed by atoms with Gasteiger partial charge in [-0.15, -0.1) is 0 Å². The first-order valence-corrected chi connectivity index (χ1v) is 8.84. The van der Waals surface area contributed by atoms with E-state index in [0.29, 0.717) is 30.2 Å². The largest absolute Gasteiger partial charge is 0.497 e. The summed E-state index contributed by atoms with van der Waals surface area (Å²) >= 11 is 0. The Balaban J connectivity index is 1.99. The zero-order valence-corrected chi connectivity index (χ0v) is 16.5. The fraction of sp³-hybridized carbons (Fsp3) is 0.333. The van der Waals surface area contributed by atoms with Crippen LogP contribution in [0.4, 0.5) is 10.1 Å². The summed E-state index contributed by atoms with van der Waals surface area (Å²) in [7, 11) is 3.01. The molecule has 0 spiro atoms. The van der Waals surface area contributed by atoms with Gasteiger partial charge in [0.2, 0.25) is 11.8 Å². The van der Waals surface area contributed by atoms with Gasteiger partial charge >= 0.3 is 0 Å². The highest BCUT2D eigenvalue weighted by molar-refractivity contribution is 6.10. The fourth-order valence-electron chi connectivity index (χ4n) is 2.49. The van der Waals surface area contributed by atoms with Crippen molar-refractivity contribution in [3.05, 3.63) is 53.8 Å². The molecule has 6 nitrogen and oxygen atoms in total. The van der Waals surface area contributed by atoms with Gasteiger partial charge in [-0.1, -0.05) is 12.1 Å². The van der Waals surface area contributed by atoms with E-state index in [2.05, 4.69) is 10.6 Å². The number of hydrogen-bond donors (Lipinski definition) is 2. The van der Waals surface area contributed by atoms with Gasteiger partial charge in [0.05, 0.1) is 19.9 Å². The first-order chi connectivity index (χ1) is 13.3. The molecule has 0 aliphatic carbocycles. The number of rotatable bonds is 8. The van der Waals surface area contributed by atoms with Crippen LogP contribution in [0.15, 0.2) is 42.5 Å². The van der Waals surface area contributed by atoms with E-state index in [9.17, 15) is 14.0 Å². The first-order valence-electron chi connectivity index (χ1n) is 8.84. The van der Waals surface area contributed by atoms with E-state index in [0.717, 1.165) is 5.56 Å². The summed E-state index contributed by atoms with van der Waals surface area (Å²) in [5, 5.41) is 5.48. The molecule has 2 amide bonds. The maximum atomic E-state index is 12.9. The predicted molar refractivity (Wildman–Crippen MR) is 105 cm³/mol. The minimum absolute atomic E-state index is 0.307. The van der Waals surface area contributed by atoms with Gasteiger partial charge < -0.3 is 20.1 Å². The molecular formula is C21H25FN2O4. The molecule has 2 rings (SSSR count). The van der Waals surface area contributed by atoms with Gasteiger partial charge in [-0.2, -0.15) is 0 Å². The topological polar surface area (TPSA) is 76.7 Å². The number of methoxy groups -OCH3 is 2. The van der Waals surface area contributed by atoms with Crippen LogP contribution in [0.5, 0.6) is 11.5 Å². The Morgan fingerprint density at radius 3 is 2.29 bits per heavy atom. The number of carbonyl (C=O) groups excluding carboxylic acids is 2. The van der Waals surface area contributed by atoms with E-state index < -0.39 is 17.2 Å². The van der Waals surface area contributed by atoms with Crippen molar-refractivity contribution in [3.63, 3.8) is 0 Å². The van der Waals surface area contributed by atoms with Crippen LogP contribution in [0.1, 0.15) is 19.4 Å². The van der Waals surface area contributed by atoms with Gasteiger partial charge in [0.15, 0.2) is 0 Å². The van der Waals surface area contributed by atoms with Gasteiger partial charge in [-0.3, -0.25) is 9.59 Å². The highest BCUT2D eigenvalue weighted by Crippen LogP contribution is 2.30. The molecule has 0 aliphatic heterocycles. The average molecular weight is 388 g/mol. The lowest BCUT2D eigenvalue weighted by atomic mass is 9.90. The molecule has 0 saturated carbocycles. The molecule has 0 radical (unpaired) electrons. The molecule has 28 heavy (non-hydrogen) atoms. The monoisotopic (exact) mass is 388 g/mol. The lowest BCUT2D eigenvalue weighted by Crippen LogP contribution is -2.45. The number of anilines is 1. The van der Waals surface area contributed by atoms with E-state index >= 15 is 0 Å². The summed E-state index contributed by atoms with van der Waals surface area (Å²) in [6.45, 7) is 3.42. The third kappa shape index (κ3) is 5.22. The van der Waals surface area contributed by atoms with Crippen molar-refractivity contribution >= 4 is 17.5 Å². The second-order valence-electron chi connectivity index (χ2n) is 6.78. The second-order valence-corrected chi connectivity index (χ2v) is 6.78. The standard InChI is InChI=1S/C21H25FN2O4/c1-21(2,19(25)23-12-11-14-5-7-15(22)8-6-14)20(26)24-17-13-16(27-3)9-10-18(17)28-4/h5-10,13H,11-12H2,1-4H3,(H,23,25)(H,24,26). The molecule has 0 saturated heterocycles.